The molecular weight excluding hydrogens is 330 g/mol. The van der Waals surface area contributed by atoms with E-state index in [0.717, 1.165) is 23.6 Å². The number of piperidine rings is 1. The standard InChI is InChI=1S/C25H31NO/c1-27-25-10-9-21(19-5-3-2-4-6-19)17-23(25)20-11-13-26(14-12-20)24-16-18-7-8-22(24)15-18/h2-6,9-10,17-18,20,22,24H,7-8,11-16H2,1H3/t18-,22?,24-/m1/s1. The molecule has 2 heteroatoms. The van der Waals surface area contributed by atoms with Crippen LogP contribution >= 0.6 is 0 Å². The van der Waals surface area contributed by atoms with Crippen LogP contribution < -0.4 is 4.74 Å². The third-order valence-electron chi connectivity index (χ3n) is 7.48. The third kappa shape index (κ3) is 3.29. The van der Waals surface area contributed by atoms with Crippen LogP contribution in [0.3, 0.4) is 0 Å². The predicted octanol–water partition coefficient (Wildman–Crippen LogP) is 5.73. The summed E-state index contributed by atoms with van der Waals surface area (Å²) in [6, 6.07) is 18.3. The Morgan fingerprint density at radius 3 is 2.33 bits per heavy atom. The number of ether oxygens (including phenoxy) is 1. The van der Waals surface area contributed by atoms with Crippen molar-refractivity contribution in [2.45, 2.75) is 50.5 Å². The van der Waals surface area contributed by atoms with E-state index in [4.69, 9.17) is 4.74 Å². The molecule has 1 heterocycles. The van der Waals surface area contributed by atoms with Crippen molar-refractivity contribution in [3.05, 3.63) is 54.1 Å². The van der Waals surface area contributed by atoms with Crippen molar-refractivity contribution in [2.75, 3.05) is 20.2 Å². The summed E-state index contributed by atoms with van der Waals surface area (Å²) < 4.78 is 5.74. The van der Waals surface area contributed by atoms with Crippen LogP contribution in [0.15, 0.2) is 48.5 Å². The zero-order valence-corrected chi connectivity index (χ0v) is 16.4. The lowest BCUT2D eigenvalue weighted by Crippen LogP contribution is -2.43. The van der Waals surface area contributed by atoms with E-state index in [1.165, 1.54) is 68.3 Å². The number of benzene rings is 2. The Morgan fingerprint density at radius 2 is 1.67 bits per heavy atom. The maximum atomic E-state index is 5.74. The number of fused-ring (bicyclic) bond motifs is 2. The van der Waals surface area contributed by atoms with E-state index < -0.39 is 0 Å². The number of nitrogens with zero attached hydrogens (tertiary/aromatic N) is 1. The van der Waals surface area contributed by atoms with E-state index in [1.54, 1.807) is 0 Å². The van der Waals surface area contributed by atoms with Gasteiger partial charge in [0, 0.05) is 6.04 Å². The summed E-state index contributed by atoms with van der Waals surface area (Å²) in [5, 5.41) is 0. The van der Waals surface area contributed by atoms with Gasteiger partial charge in [0.25, 0.3) is 0 Å². The van der Waals surface area contributed by atoms with Crippen LogP contribution in [0.1, 0.15) is 50.0 Å². The van der Waals surface area contributed by atoms with Gasteiger partial charge in [0.15, 0.2) is 0 Å². The number of methoxy groups -OCH3 is 1. The Kier molecular flexibility index (Phi) is 4.69. The van der Waals surface area contributed by atoms with E-state index in [0.29, 0.717) is 5.92 Å². The second-order valence-corrected chi connectivity index (χ2v) is 8.88. The number of hydrogen-bond donors (Lipinski definition) is 0. The lowest BCUT2D eigenvalue weighted by molar-refractivity contribution is 0.110. The molecule has 2 aromatic rings. The second-order valence-electron chi connectivity index (χ2n) is 8.88. The average Bonchev–Trinajstić information content (AvgIpc) is 3.38. The third-order valence-corrected chi connectivity index (χ3v) is 7.48. The summed E-state index contributed by atoms with van der Waals surface area (Å²) in [6.45, 7) is 2.52. The Bertz CT molecular complexity index is 778. The maximum Gasteiger partial charge on any atom is 0.122 e. The molecule has 142 valence electrons. The smallest absolute Gasteiger partial charge is 0.122 e. The summed E-state index contributed by atoms with van der Waals surface area (Å²) >= 11 is 0. The summed E-state index contributed by atoms with van der Waals surface area (Å²) in [6.07, 6.45) is 8.51. The quantitative estimate of drug-likeness (QED) is 0.689. The highest BCUT2D eigenvalue weighted by Crippen LogP contribution is 2.48. The van der Waals surface area contributed by atoms with Crippen molar-refractivity contribution in [2.24, 2.45) is 11.8 Å². The zero-order valence-electron chi connectivity index (χ0n) is 16.4. The van der Waals surface area contributed by atoms with Gasteiger partial charge < -0.3 is 9.64 Å². The number of hydrogen-bond acceptors (Lipinski definition) is 2. The highest BCUT2D eigenvalue weighted by Gasteiger charge is 2.43. The molecule has 0 aromatic heterocycles. The van der Waals surface area contributed by atoms with Crippen molar-refractivity contribution < 1.29 is 4.74 Å². The molecule has 3 aliphatic rings. The Balaban J connectivity index is 1.32. The lowest BCUT2D eigenvalue weighted by Gasteiger charge is -2.40. The molecule has 2 nitrogen and oxygen atoms in total. The van der Waals surface area contributed by atoms with E-state index in [2.05, 4.69) is 53.4 Å². The van der Waals surface area contributed by atoms with Crippen LogP contribution in [-0.2, 0) is 0 Å². The van der Waals surface area contributed by atoms with Crippen LogP contribution in [0.4, 0.5) is 0 Å². The van der Waals surface area contributed by atoms with E-state index >= 15 is 0 Å². The van der Waals surface area contributed by atoms with Gasteiger partial charge in [0.2, 0.25) is 0 Å². The molecule has 27 heavy (non-hydrogen) atoms. The van der Waals surface area contributed by atoms with Gasteiger partial charge in [-0.15, -0.1) is 0 Å². The van der Waals surface area contributed by atoms with Crippen molar-refractivity contribution in [1.29, 1.82) is 0 Å². The van der Waals surface area contributed by atoms with Crippen molar-refractivity contribution in [3.63, 3.8) is 0 Å². The molecule has 2 bridgehead atoms. The summed E-state index contributed by atoms with van der Waals surface area (Å²) in [5.74, 6) is 3.73. The predicted molar refractivity (Wildman–Crippen MR) is 111 cm³/mol. The second kappa shape index (κ2) is 7.31. The first-order valence-electron chi connectivity index (χ1n) is 10.8. The largest absolute Gasteiger partial charge is 0.496 e. The van der Waals surface area contributed by atoms with Crippen molar-refractivity contribution >= 4 is 0 Å². The molecule has 1 unspecified atom stereocenters. The number of rotatable bonds is 4. The Hall–Kier alpha value is -1.80. The Labute approximate surface area is 163 Å². The minimum atomic E-state index is 0.624. The van der Waals surface area contributed by atoms with Gasteiger partial charge in [-0.2, -0.15) is 0 Å². The van der Waals surface area contributed by atoms with Crippen molar-refractivity contribution in [1.82, 2.24) is 4.90 Å². The SMILES string of the molecule is COc1ccc(-c2ccccc2)cc1C1CCN([C@@H]2C[C@@H]3CCC2C3)CC1. The average molecular weight is 362 g/mol. The normalized spacial score (nSPS) is 28.6. The minimum Gasteiger partial charge on any atom is -0.496 e. The first kappa shape index (κ1) is 17.3. The minimum absolute atomic E-state index is 0.624. The Morgan fingerprint density at radius 1 is 0.852 bits per heavy atom. The van der Waals surface area contributed by atoms with Gasteiger partial charge in [-0.05, 0) is 91.8 Å². The molecule has 3 fully saturated rings. The van der Waals surface area contributed by atoms with Gasteiger partial charge in [-0.25, -0.2) is 0 Å². The monoisotopic (exact) mass is 361 g/mol. The van der Waals surface area contributed by atoms with Gasteiger partial charge >= 0.3 is 0 Å². The molecule has 2 aliphatic carbocycles. The van der Waals surface area contributed by atoms with Crippen LogP contribution in [-0.4, -0.2) is 31.1 Å². The van der Waals surface area contributed by atoms with Crippen molar-refractivity contribution in [3.8, 4) is 16.9 Å². The molecule has 2 saturated carbocycles. The fourth-order valence-electron chi connectivity index (χ4n) is 6.06. The van der Waals surface area contributed by atoms with Crippen LogP contribution in [0.2, 0.25) is 0 Å². The zero-order chi connectivity index (χ0) is 18.2. The molecule has 2 aromatic carbocycles. The molecule has 0 spiro atoms. The topological polar surface area (TPSA) is 12.5 Å². The summed E-state index contributed by atoms with van der Waals surface area (Å²) in [4.78, 5) is 2.83. The first-order chi connectivity index (χ1) is 13.3. The molecule has 1 aliphatic heterocycles. The fourth-order valence-corrected chi connectivity index (χ4v) is 6.06. The molecule has 1 saturated heterocycles. The van der Waals surface area contributed by atoms with E-state index in [1.807, 2.05) is 7.11 Å². The molecule has 3 atom stereocenters. The molecular formula is C25H31NO. The number of likely N-dealkylation sites (tertiary alicyclic amines) is 1. The van der Waals surface area contributed by atoms with Gasteiger partial charge in [-0.3, -0.25) is 0 Å². The highest BCUT2D eigenvalue weighted by atomic mass is 16.5. The summed E-state index contributed by atoms with van der Waals surface area (Å²) in [7, 11) is 1.81. The maximum absolute atomic E-state index is 5.74. The van der Waals surface area contributed by atoms with E-state index in [9.17, 15) is 0 Å². The summed E-state index contributed by atoms with van der Waals surface area (Å²) in [5.41, 5.74) is 4.01. The van der Waals surface area contributed by atoms with Crippen LogP contribution in [0.5, 0.6) is 5.75 Å². The lowest BCUT2D eigenvalue weighted by atomic mass is 9.85. The van der Waals surface area contributed by atoms with Gasteiger partial charge in [-0.1, -0.05) is 42.8 Å². The van der Waals surface area contributed by atoms with Gasteiger partial charge in [0.1, 0.15) is 5.75 Å². The highest BCUT2D eigenvalue weighted by molar-refractivity contribution is 5.66. The fraction of sp³-hybridized carbons (Fsp3) is 0.520. The molecule has 5 rings (SSSR count). The first-order valence-corrected chi connectivity index (χ1v) is 10.8. The van der Waals surface area contributed by atoms with Crippen LogP contribution in [0.25, 0.3) is 11.1 Å². The molecule has 0 N–H and O–H groups in total. The molecule has 0 amide bonds. The van der Waals surface area contributed by atoms with E-state index in [-0.39, 0.29) is 0 Å². The molecule has 0 radical (unpaired) electrons. The van der Waals surface area contributed by atoms with Crippen LogP contribution in [0, 0.1) is 11.8 Å². The van der Waals surface area contributed by atoms with Gasteiger partial charge in [0.05, 0.1) is 7.11 Å².